The number of nitrogens with one attached hydrogen (secondary N) is 1. The van der Waals surface area contributed by atoms with Gasteiger partial charge in [0.05, 0.1) is 26.9 Å². The molecular formula is C30H29FN2O7. The molecule has 10 heteroatoms. The molecule has 0 spiro atoms. The average Bonchev–Trinajstić information content (AvgIpc) is 3.36. The number of aromatic nitrogens is 2. The van der Waals surface area contributed by atoms with Crippen LogP contribution in [0.15, 0.2) is 94.6 Å². The quantitative estimate of drug-likeness (QED) is 0.309. The number of nitrogens with zero attached hydrogens (tertiary/aromatic N) is 1. The molecule has 5 rings (SSSR count). The van der Waals surface area contributed by atoms with Gasteiger partial charge in [-0.25, -0.2) is 9.36 Å². The van der Waals surface area contributed by atoms with Crippen LogP contribution in [0.2, 0.25) is 0 Å². The summed E-state index contributed by atoms with van der Waals surface area (Å²) >= 11 is 0. The molecule has 1 aromatic heterocycles. The molecule has 4 aromatic rings. The number of aliphatic hydroxyl groups excluding tert-OH is 1. The minimum Gasteiger partial charge on any atom is -0.497 e. The third kappa shape index (κ3) is 5.04. The van der Waals surface area contributed by atoms with Crippen LogP contribution in [0.1, 0.15) is 29.3 Å². The molecule has 0 radical (unpaired) electrons. The first-order chi connectivity index (χ1) is 19.4. The zero-order valence-corrected chi connectivity index (χ0v) is 22.0. The SMILES string of the molecule is COc1ccc(C(OC[C@H]2O[C@@H](n3c(=O)[nH]cc(F)c3=O)C[C@H]2O)(c2ccccc2)c2ccc(OC)cc2)cc1. The van der Waals surface area contributed by atoms with E-state index < -0.39 is 41.1 Å². The third-order valence-corrected chi connectivity index (χ3v) is 7.09. The van der Waals surface area contributed by atoms with Crippen LogP contribution in [-0.2, 0) is 15.1 Å². The van der Waals surface area contributed by atoms with E-state index in [0.29, 0.717) is 22.3 Å². The fourth-order valence-corrected chi connectivity index (χ4v) is 5.03. The predicted molar refractivity (Wildman–Crippen MR) is 144 cm³/mol. The number of methoxy groups -OCH3 is 2. The number of rotatable bonds is 9. The van der Waals surface area contributed by atoms with Crippen LogP contribution >= 0.6 is 0 Å². The van der Waals surface area contributed by atoms with Crippen molar-refractivity contribution in [1.29, 1.82) is 0 Å². The summed E-state index contributed by atoms with van der Waals surface area (Å²) in [4.78, 5) is 26.8. The van der Waals surface area contributed by atoms with Gasteiger partial charge in [0.1, 0.15) is 29.4 Å². The van der Waals surface area contributed by atoms with Crippen molar-refractivity contribution in [1.82, 2.24) is 9.55 Å². The molecule has 0 saturated carbocycles. The number of hydrogen-bond donors (Lipinski definition) is 2. The Hall–Kier alpha value is -4.25. The first-order valence-corrected chi connectivity index (χ1v) is 12.7. The molecule has 0 aliphatic carbocycles. The van der Waals surface area contributed by atoms with Crippen LogP contribution in [0.25, 0.3) is 0 Å². The van der Waals surface area contributed by atoms with Crippen molar-refractivity contribution >= 4 is 0 Å². The number of H-pyrrole nitrogens is 1. The molecule has 0 unspecified atom stereocenters. The zero-order chi connectivity index (χ0) is 28.3. The molecule has 208 valence electrons. The maximum Gasteiger partial charge on any atom is 0.330 e. The van der Waals surface area contributed by atoms with Gasteiger partial charge in [-0.3, -0.25) is 4.79 Å². The van der Waals surface area contributed by atoms with Crippen molar-refractivity contribution in [2.24, 2.45) is 0 Å². The lowest BCUT2D eigenvalue weighted by Gasteiger charge is -2.37. The number of aromatic amines is 1. The van der Waals surface area contributed by atoms with Gasteiger partial charge in [-0.1, -0.05) is 54.6 Å². The van der Waals surface area contributed by atoms with Gasteiger partial charge in [0.15, 0.2) is 0 Å². The number of hydrogen-bond acceptors (Lipinski definition) is 7. The highest BCUT2D eigenvalue weighted by Gasteiger charge is 2.42. The lowest BCUT2D eigenvalue weighted by molar-refractivity contribution is -0.0950. The number of ether oxygens (including phenoxy) is 4. The molecule has 1 aliphatic rings. The maximum absolute atomic E-state index is 13.9. The summed E-state index contributed by atoms with van der Waals surface area (Å²) < 4.78 is 37.9. The third-order valence-electron chi connectivity index (χ3n) is 7.09. The molecule has 0 bridgehead atoms. The molecule has 40 heavy (non-hydrogen) atoms. The van der Waals surface area contributed by atoms with E-state index in [-0.39, 0.29) is 13.0 Å². The molecule has 2 heterocycles. The van der Waals surface area contributed by atoms with Crippen molar-refractivity contribution < 1.29 is 28.4 Å². The van der Waals surface area contributed by atoms with Gasteiger partial charge < -0.3 is 29.0 Å². The highest BCUT2D eigenvalue weighted by atomic mass is 19.1. The second-order valence-corrected chi connectivity index (χ2v) is 9.36. The summed E-state index contributed by atoms with van der Waals surface area (Å²) in [5.74, 6) is 0.215. The summed E-state index contributed by atoms with van der Waals surface area (Å²) in [5.41, 5.74) is -0.739. The van der Waals surface area contributed by atoms with E-state index in [1.165, 1.54) is 0 Å². The van der Waals surface area contributed by atoms with Gasteiger partial charge >= 0.3 is 5.69 Å². The predicted octanol–water partition coefficient (Wildman–Crippen LogP) is 3.35. The van der Waals surface area contributed by atoms with Gasteiger partial charge in [0.25, 0.3) is 5.56 Å². The second kappa shape index (κ2) is 11.5. The van der Waals surface area contributed by atoms with Crippen LogP contribution < -0.4 is 20.7 Å². The molecule has 0 amide bonds. The first kappa shape index (κ1) is 27.3. The Morgan fingerprint density at radius 3 is 2.02 bits per heavy atom. The highest BCUT2D eigenvalue weighted by Crippen LogP contribution is 2.42. The Balaban J connectivity index is 1.55. The Morgan fingerprint density at radius 1 is 0.925 bits per heavy atom. The Morgan fingerprint density at radius 2 is 1.48 bits per heavy atom. The molecule has 1 saturated heterocycles. The van der Waals surface area contributed by atoms with Gasteiger partial charge in [-0.15, -0.1) is 0 Å². The van der Waals surface area contributed by atoms with Gasteiger partial charge in [-0.2, -0.15) is 4.39 Å². The van der Waals surface area contributed by atoms with Gasteiger partial charge in [0, 0.05) is 12.6 Å². The lowest BCUT2D eigenvalue weighted by atomic mass is 9.80. The topological polar surface area (TPSA) is 112 Å². The van der Waals surface area contributed by atoms with E-state index >= 15 is 0 Å². The van der Waals surface area contributed by atoms with Crippen LogP contribution in [0.3, 0.4) is 0 Å². The van der Waals surface area contributed by atoms with Crippen LogP contribution in [-0.4, -0.2) is 47.7 Å². The summed E-state index contributed by atoms with van der Waals surface area (Å²) in [5, 5.41) is 10.9. The number of benzene rings is 3. The number of halogens is 1. The zero-order valence-electron chi connectivity index (χ0n) is 22.0. The summed E-state index contributed by atoms with van der Waals surface area (Å²) in [6.45, 7) is -0.118. The van der Waals surface area contributed by atoms with Gasteiger partial charge in [-0.05, 0) is 41.0 Å². The second-order valence-electron chi connectivity index (χ2n) is 9.36. The van der Waals surface area contributed by atoms with E-state index in [4.69, 9.17) is 18.9 Å². The van der Waals surface area contributed by atoms with Crippen molar-refractivity contribution in [2.75, 3.05) is 20.8 Å². The van der Waals surface area contributed by atoms with Crippen molar-refractivity contribution in [3.8, 4) is 11.5 Å². The molecule has 3 atom stereocenters. The molecule has 1 aliphatic heterocycles. The minimum absolute atomic E-state index is 0.0934. The number of aliphatic hydroxyl groups is 1. The van der Waals surface area contributed by atoms with E-state index in [2.05, 4.69) is 4.98 Å². The Bertz CT molecular complexity index is 1500. The van der Waals surface area contributed by atoms with Crippen molar-refractivity contribution in [3.63, 3.8) is 0 Å². The fourth-order valence-electron chi connectivity index (χ4n) is 5.03. The van der Waals surface area contributed by atoms with Crippen LogP contribution in [0.4, 0.5) is 4.39 Å². The van der Waals surface area contributed by atoms with Crippen molar-refractivity contribution in [2.45, 2.75) is 30.5 Å². The van der Waals surface area contributed by atoms with Crippen molar-refractivity contribution in [3.05, 3.63) is 128 Å². The van der Waals surface area contributed by atoms with E-state index in [0.717, 1.165) is 16.7 Å². The highest BCUT2D eigenvalue weighted by molar-refractivity contribution is 5.49. The summed E-state index contributed by atoms with van der Waals surface area (Å²) in [6.07, 6.45) is -2.56. The Kier molecular flexibility index (Phi) is 7.83. The Labute approximate surface area is 229 Å². The van der Waals surface area contributed by atoms with Crippen LogP contribution in [0.5, 0.6) is 11.5 Å². The van der Waals surface area contributed by atoms with E-state index in [1.54, 1.807) is 14.2 Å². The maximum atomic E-state index is 13.9. The molecule has 9 nitrogen and oxygen atoms in total. The molecular weight excluding hydrogens is 519 g/mol. The average molecular weight is 549 g/mol. The molecule has 1 fully saturated rings. The van der Waals surface area contributed by atoms with E-state index in [1.807, 2.05) is 78.9 Å². The molecule has 2 N–H and O–H groups in total. The largest absolute Gasteiger partial charge is 0.497 e. The summed E-state index contributed by atoms with van der Waals surface area (Å²) in [6, 6.07) is 24.5. The fraction of sp³-hybridized carbons (Fsp3) is 0.267. The first-order valence-electron chi connectivity index (χ1n) is 12.7. The standard InChI is InChI=1S/C30H29FN2O7/c1-37-22-12-8-20(9-13-22)30(19-6-4-3-5-7-19,21-10-14-23(38-2)15-11-21)39-18-26-25(34)16-27(40-26)33-28(35)24(31)17-32-29(33)36/h3-15,17,25-27,34H,16,18H2,1-2H3,(H,32,36)/t25-,26-,27-/m1/s1. The summed E-state index contributed by atoms with van der Waals surface area (Å²) in [7, 11) is 3.17. The smallest absolute Gasteiger partial charge is 0.330 e. The van der Waals surface area contributed by atoms with Gasteiger partial charge in [0.2, 0.25) is 5.82 Å². The van der Waals surface area contributed by atoms with Crippen LogP contribution in [0, 0.1) is 5.82 Å². The lowest BCUT2D eigenvalue weighted by Crippen LogP contribution is -2.40. The molecule has 3 aromatic carbocycles. The van der Waals surface area contributed by atoms with E-state index in [9.17, 15) is 19.1 Å². The monoisotopic (exact) mass is 548 g/mol. The normalized spacial score (nSPS) is 18.9. The minimum atomic E-state index is -1.16.